The zero-order valence-corrected chi connectivity index (χ0v) is 14.4. The van der Waals surface area contributed by atoms with Crippen molar-refractivity contribution in [2.45, 2.75) is 6.54 Å². The molecule has 0 fully saturated rings. The average molecular weight is 368 g/mol. The van der Waals surface area contributed by atoms with E-state index in [9.17, 15) is 15.3 Å². The Bertz CT molecular complexity index is 1160. The number of aliphatic hydroxyl groups is 1. The molecule has 0 aliphatic carbocycles. The minimum absolute atomic E-state index is 0.0323. The summed E-state index contributed by atoms with van der Waals surface area (Å²) in [4.78, 5) is 0. The minimum atomic E-state index is -0.0923. The Morgan fingerprint density at radius 3 is 2.73 bits per heavy atom. The van der Waals surface area contributed by atoms with Crippen LogP contribution < -0.4 is 0 Å². The summed E-state index contributed by atoms with van der Waals surface area (Å²) in [6.07, 6.45) is 1.91. The van der Waals surface area contributed by atoms with Gasteiger partial charge in [0, 0.05) is 24.2 Å². The van der Waals surface area contributed by atoms with E-state index in [1.807, 2.05) is 35.0 Å². The van der Waals surface area contributed by atoms with Crippen LogP contribution in [-0.2, 0) is 6.54 Å². The van der Waals surface area contributed by atoms with Crippen LogP contribution in [0.15, 0.2) is 48.7 Å². The van der Waals surface area contributed by atoms with E-state index in [2.05, 4.69) is 10.2 Å². The molecule has 0 aliphatic heterocycles. The highest BCUT2D eigenvalue weighted by atomic mass is 32.1. The summed E-state index contributed by atoms with van der Waals surface area (Å²) in [6, 6.07) is 12.1. The lowest BCUT2D eigenvalue weighted by Gasteiger charge is -2.11. The van der Waals surface area contributed by atoms with Crippen molar-refractivity contribution in [3.8, 4) is 28.6 Å². The maximum Gasteiger partial charge on any atom is 0.200 e. The van der Waals surface area contributed by atoms with Gasteiger partial charge in [-0.15, -0.1) is 0 Å². The van der Waals surface area contributed by atoms with Gasteiger partial charge in [-0.2, -0.15) is 5.10 Å². The topological polar surface area (TPSA) is 99.2 Å². The molecule has 2 aromatic carbocycles. The number of benzene rings is 2. The van der Waals surface area contributed by atoms with E-state index in [0.717, 1.165) is 16.6 Å². The molecule has 0 radical (unpaired) electrons. The van der Waals surface area contributed by atoms with Crippen molar-refractivity contribution >= 4 is 23.1 Å². The van der Waals surface area contributed by atoms with Gasteiger partial charge < -0.3 is 19.9 Å². The highest BCUT2D eigenvalue weighted by Crippen LogP contribution is 2.34. The van der Waals surface area contributed by atoms with Crippen LogP contribution in [0.1, 0.15) is 0 Å². The number of phenols is 2. The van der Waals surface area contributed by atoms with Gasteiger partial charge in [0.2, 0.25) is 0 Å². The van der Waals surface area contributed by atoms with Crippen molar-refractivity contribution in [3.05, 3.63) is 53.4 Å². The number of aromatic amines is 1. The Labute approximate surface area is 153 Å². The van der Waals surface area contributed by atoms with Gasteiger partial charge in [-0.1, -0.05) is 6.07 Å². The molecule has 4 aromatic rings. The number of hydrogen-bond acceptors (Lipinski definition) is 5. The number of aromatic nitrogens is 4. The predicted octanol–water partition coefficient (Wildman–Crippen LogP) is 2.96. The van der Waals surface area contributed by atoms with Crippen LogP contribution in [0.4, 0.5) is 0 Å². The monoisotopic (exact) mass is 368 g/mol. The molecule has 7 nitrogen and oxygen atoms in total. The molecule has 2 heterocycles. The zero-order valence-electron chi connectivity index (χ0n) is 13.6. The molecule has 0 aliphatic rings. The van der Waals surface area contributed by atoms with Gasteiger partial charge in [0.1, 0.15) is 11.5 Å². The van der Waals surface area contributed by atoms with Gasteiger partial charge in [-0.3, -0.25) is 9.67 Å². The smallest absolute Gasteiger partial charge is 0.200 e. The quantitative estimate of drug-likeness (QED) is 0.415. The van der Waals surface area contributed by atoms with E-state index in [1.165, 1.54) is 12.1 Å². The van der Waals surface area contributed by atoms with E-state index >= 15 is 0 Å². The van der Waals surface area contributed by atoms with Crippen LogP contribution in [0.5, 0.6) is 11.5 Å². The second-order valence-corrected chi connectivity index (χ2v) is 6.22. The molecule has 4 N–H and O–H groups in total. The molecule has 8 heteroatoms. The third-order valence-corrected chi connectivity index (χ3v) is 4.54. The number of phenolic OH excluding ortho intramolecular Hbond substituents is 2. The zero-order chi connectivity index (χ0) is 18.3. The molecule has 0 saturated heterocycles. The molecular weight excluding hydrogens is 352 g/mol. The number of aromatic hydroxyl groups is 2. The first-order chi connectivity index (χ1) is 12.6. The van der Waals surface area contributed by atoms with Gasteiger partial charge in [0.05, 0.1) is 23.4 Å². The molecule has 0 saturated carbocycles. The number of H-pyrrole nitrogens is 1. The summed E-state index contributed by atoms with van der Waals surface area (Å²) in [6.45, 7) is 0.543. The summed E-state index contributed by atoms with van der Waals surface area (Å²) >= 11 is 5.41. The van der Waals surface area contributed by atoms with Crippen LogP contribution in [0, 0.1) is 4.77 Å². The van der Waals surface area contributed by atoms with E-state index in [1.54, 1.807) is 10.6 Å². The van der Waals surface area contributed by atoms with Crippen LogP contribution in [0.25, 0.3) is 28.0 Å². The number of nitrogens with zero attached hydrogens (tertiary/aromatic N) is 3. The molecule has 0 amide bonds. The molecule has 4 rings (SSSR count). The number of rotatable bonds is 4. The van der Waals surface area contributed by atoms with E-state index < -0.39 is 0 Å². The maximum absolute atomic E-state index is 10.2. The summed E-state index contributed by atoms with van der Waals surface area (Å²) in [5.74, 6) is 0.315. The Morgan fingerprint density at radius 2 is 1.96 bits per heavy atom. The summed E-state index contributed by atoms with van der Waals surface area (Å²) in [5, 5.41) is 37.0. The third-order valence-electron chi connectivity index (χ3n) is 4.27. The lowest BCUT2D eigenvalue weighted by Crippen LogP contribution is -2.01. The van der Waals surface area contributed by atoms with Crippen LogP contribution >= 0.6 is 12.2 Å². The summed E-state index contributed by atoms with van der Waals surface area (Å²) < 4.78 is 4.09. The lowest BCUT2D eigenvalue weighted by molar-refractivity contribution is 0.278. The minimum Gasteiger partial charge on any atom is -0.508 e. The second-order valence-electron chi connectivity index (χ2n) is 5.83. The van der Waals surface area contributed by atoms with Crippen LogP contribution in [-0.4, -0.2) is 41.3 Å². The molecule has 132 valence electrons. The van der Waals surface area contributed by atoms with Crippen molar-refractivity contribution in [1.29, 1.82) is 0 Å². The number of aliphatic hydroxyl groups excluding tert-OH is 1. The predicted molar refractivity (Wildman–Crippen MR) is 100 cm³/mol. The molecule has 0 spiro atoms. The fourth-order valence-corrected chi connectivity index (χ4v) is 3.35. The average Bonchev–Trinajstić information content (AvgIpc) is 3.19. The van der Waals surface area contributed by atoms with Gasteiger partial charge in [0.15, 0.2) is 10.6 Å². The standard InChI is InChI=1S/C18H16N4O3S/c23-9-8-21-7-6-12-14(21)2-1-3-15(12)22-17(19-20-18(22)26)13-5-4-11(24)10-16(13)25/h1-7,10,23-25H,8-9H2,(H,20,26). The molecule has 0 unspecified atom stereocenters. The maximum atomic E-state index is 10.2. The van der Waals surface area contributed by atoms with Crippen LogP contribution in [0.3, 0.4) is 0 Å². The van der Waals surface area contributed by atoms with Gasteiger partial charge >= 0.3 is 0 Å². The van der Waals surface area contributed by atoms with Crippen molar-refractivity contribution in [3.63, 3.8) is 0 Å². The summed E-state index contributed by atoms with van der Waals surface area (Å²) in [7, 11) is 0. The normalized spacial score (nSPS) is 11.3. The van der Waals surface area contributed by atoms with Gasteiger partial charge in [-0.25, -0.2) is 0 Å². The van der Waals surface area contributed by atoms with Crippen molar-refractivity contribution in [2.24, 2.45) is 0 Å². The number of hydrogen-bond donors (Lipinski definition) is 4. The van der Waals surface area contributed by atoms with E-state index in [-0.39, 0.29) is 18.1 Å². The van der Waals surface area contributed by atoms with Crippen LogP contribution in [0.2, 0.25) is 0 Å². The number of fused-ring (bicyclic) bond motifs is 1. The second kappa shape index (κ2) is 6.32. The Kier molecular flexibility index (Phi) is 3.98. The van der Waals surface area contributed by atoms with Gasteiger partial charge in [-0.05, 0) is 42.5 Å². The highest BCUT2D eigenvalue weighted by Gasteiger charge is 2.17. The molecule has 2 aromatic heterocycles. The first-order valence-electron chi connectivity index (χ1n) is 7.99. The summed E-state index contributed by atoms with van der Waals surface area (Å²) in [5.41, 5.74) is 2.21. The fourth-order valence-electron chi connectivity index (χ4n) is 3.12. The van der Waals surface area contributed by atoms with E-state index in [4.69, 9.17) is 12.2 Å². The molecule has 0 bridgehead atoms. The highest BCUT2D eigenvalue weighted by molar-refractivity contribution is 7.71. The first kappa shape index (κ1) is 16.4. The van der Waals surface area contributed by atoms with Gasteiger partial charge in [0.25, 0.3) is 0 Å². The van der Waals surface area contributed by atoms with E-state index in [0.29, 0.717) is 22.7 Å². The SMILES string of the molecule is OCCn1ccc2c(-n3c(-c4ccc(O)cc4O)n[nH]c3=S)cccc21. The fraction of sp³-hybridized carbons (Fsp3) is 0.111. The number of nitrogens with one attached hydrogen (secondary N) is 1. The lowest BCUT2D eigenvalue weighted by atomic mass is 10.1. The Hall–Kier alpha value is -3.10. The Morgan fingerprint density at radius 1 is 1.12 bits per heavy atom. The van der Waals surface area contributed by atoms with Crippen molar-refractivity contribution in [1.82, 2.24) is 19.3 Å². The largest absolute Gasteiger partial charge is 0.508 e. The molecule has 0 atom stereocenters. The van der Waals surface area contributed by atoms with Crippen molar-refractivity contribution in [2.75, 3.05) is 6.61 Å². The van der Waals surface area contributed by atoms with Crippen molar-refractivity contribution < 1.29 is 15.3 Å². The first-order valence-corrected chi connectivity index (χ1v) is 8.40. The molecule has 26 heavy (non-hydrogen) atoms. The third kappa shape index (κ3) is 2.56. The Balaban J connectivity index is 1.97. The molecular formula is C18H16N4O3S.